The summed E-state index contributed by atoms with van der Waals surface area (Å²) in [7, 11) is 0. The summed E-state index contributed by atoms with van der Waals surface area (Å²) < 4.78 is 5.02. The Morgan fingerprint density at radius 1 is 1.32 bits per heavy atom. The number of ether oxygens (including phenoxy) is 1. The second-order valence-corrected chi connectivity index (χ2v) is 5.92. The summed E-state index contributed by atoms with van der Waals surface area (Å²) >= 11 is 5.86. The monoisotopic (exact) mass is 327 g/mol. The number of hydrogen-bond donors (Lipinski definition) is 2. The van der Waals surface area contributed by atoms with Crippen molar-refractivity contribution in [3.8, 4) is 0 Å². The molecular formula is C16H22ClNO4. The quantitative estimate of drug-likeness (QED) is 0.715. The Labute approximate surface area is 135 Å². The Hall–Kier alpha value is -1.75. The molecule has 0 aliphatic heterocycles. The van der Waals surface area contributed by atoms with Gasteiger partial charge in [-0.25, -0.2) is 4.79 Å². The summed E-state index contributed by atoms with van der Waals surface area (Å²) in [6.45, 7) is 4.33. The predicted octanol–water partition coefficient (Wildman–Crippen LogP) is 3.60. The Bertz CT molecular complexity index is 503. The SMILES string of the molecule is CCCCOC(=O)NCC(C)(CC(=O)O)c1ccc(Cl)cc1. The molecule has 1 rings (SSSR count). The second kappa shape index (κ2) is 8.63. The summed E-state index contributed by atoms with van der Waals surface area (Å²) in [6, 6.07) is 6.96. The maximum absolute atomic E-state index is 11.6. The highest BCUT2D eigenvalue weighted by Gasteiger charge is 2.30. The van der Waals surface area contributed by atoms with Crippen molar-refractivity contribution in [2.75, 3.05) is 13.2 Å². The number of carbonyl (C=O) groups is 2. The number of hydrogen-bond acceptors (Lipinski definition) is 3. The molecule has 1 amide bonds. The minimum atomic E-state index is -0.932. The molecule has 0 heterocycles. The van der Waals surface area contributed by atoms with Crippen LogP contribution in [0.2, 0.25) is 5.02 Å². The van der Waals surface area contributed by atoms with E-state index in [1.807, 2.05) is 6.92 Å². The van der Waals surface area contributed by atoms with Crippen LogP contribution in [0.1, 0.15) is 38.7 Å². The van der Waals surface area contributed by atoms with Crippen molar-refractivity contribution in [1.29, 1.82) is 0 Å². The highest BCUT2D eigenvalue weighted by Crippen LogP contribution is 2.28. The average Bonchev–Trinajstić information content (AvgIpc) is 2.45. The fourth-order valence-electron chi connectivity index (χ4n) is 2.08. The number of carboxylic acids is 1. The zero-order chi connectivity index (χ0) is 16.6. The predicted molar refractivity (Wildman–Crippen MR) is 85.3 cm³/mol. The number of halogens is 1. The van der Waals surface area contributed by atoms with Gasteiger partial charge in [0.25, 0.3) is 0 Å². The standard InChI is InChI=1S/C16H22ClNO4/c1-3-4-9-22-15(21)18-11-16(2,10-14(19)20)12-5-7-13(17)8-6-12/h5-8H,3-4,9-11H2,1-2H3,(H,18,21)(H,19,20). The van der Waals surface area contributed by atoms with Crippen molar-refractivity contribution in [2.24, 2.45) is 0 Å². The molecule has 1 aromatic carbocycles. The van der Waals surface area contributed by atoms with E-state index < -0.39 is 17.5 Å². The van der Waals surface area contributed by atoms with Gasteiger partial charge in [0.2, 0.25) is 0 Å². The lowest BCUT2D eigenvalue weighted by atomic mass is 9.79. The molecule has 0 aromatic heterocycles. The van der Waals surface area contributed by atoms with E-state index in [2.05, 4.69) is 5.32 Å². The summed E-state index contributed by atoms with van der Waals surface area (Å²) in [5.41, 5.74) is 0.0633. The van der Waals surface area contributed by atoms with Crippen LogP contribution in [0.3, 0.4) is 0 Å². The maximum atomic E-state index is 11.6. The molecule has 1 unspecified atom stereocenters. The molecule has 122 valence electrons. The fraction of sp³-hybridized carbons (Fsp3) is 0.500. The lowest BCUT2D eigenvalue weighted by Crippen LogP contribution is -2.40. The molecule has 1 aromatic rings. The van der Waals surface area contributed by atoms with Gasteiger partial charge in [0.05, 0.1) is 13.0 Å². The first-order chi connectivity index (χ1) is 10.4. The minimum absolute atomic E-state index is 0.107. The summed E-state index contributed by atoms with van der Waals surface area (Å²) in [5, 5.41) is 12.4. The minimum Gasteiger partial charge on any atom is -0.481 e. The van der Waals surface area contributed by atoms with Gasteiger partial charge in [0.15, 0.2) is 0 Å². The van der Waals surface area contributed by atoms with Gasteiger partial charge >= 0.3 is 12.1 Å². The molecular weight excluding hydrogens is 306 g/mol. The van der Waals surface area contributed by atoms with Crippen molar-refractivity contribution in [1.82, 2.24) is 5.32 Å². The molecule has 6 heteroatoms. The van der Waals surface area contributed by atoms with Gasteiger partial charge in [0.1, 0.15) is 0 Å². The van der Waals surface area contributed by atoms with E-state index in [4.69, 9.17) is 21.4 Å². The van der Waals surface area contributed by atoms with Gasteiger partial charge in [0, 0.05) is 17.0 Å². The number of unbranched alkanes of at least 4 members (excludes halogenated alkanes) is 1. The summed E-state index contributed by atoms with van der Waals surface area (Å²) in [6.07, 6.45) is 1.11. The lowest BCUT2D eigenvalue weighted by Gasteiger charge is -2.28. The molecule has 1 atom stereocenters. The third-order valence-electron chi connectivity index (χ3n) is 3.44. The molecule has 0 fully saturated rings. The smallest absolute Gasteiger partial charge is 0.407 e. The molecule has 0 bridgehead atoms. The molecule has 0 saturated carbocycles. The largest absolute Gasteiger partial charge is 0.481 e. The van der Waals surface area contributed by atoms with E-state index in [0.29, 0.717) is 11.6 Å². The highest BCUT2D eigenvalue weighted by molar-refractivity contribution is 6.30. The lowest BCUT2D eigenvalue weighted by molar-refractivity contribution is -0.138. The summed E-state index contributed by atoms with van der Waals surface area (Å²) in [5.74, 6) is -0.932. The zero-order valence-corrected chi connectivity index (χ0v) is 13.7. The van der Waals surface area contributed by atoms with Crippen molar-refractivity contribution in [2.45, 2.75) is 38.5 Å². The maximum Gasteiger partial charge on any atom is 0.407 e. The topological polar surface area (TPSA) is 75.6 Å². The molecule has 0 aliphatic rings. The first-order valence-electron chi connectivity index (χ1n) is 7.26. The zero-order valence-electron chi connectivity index (χ0n) is 12.9. The van der Waals surface area contributed by atoms with E-state index in [1.54, 1.807) is 31.2 Å². The molecule has 0 radical (unpaired) electrons. The molecule has 2 N–H and O–H groups in total. The number of aliphatic carboxylic acids is 1. The van der Waals surface area contributed by atoms with E-state index in [1.165, 1.54) is 0 Å². The van der Waals surface area contributed by atoms with Gasteiger partial charge in [-0.3, -0.25) is 4.79 Å². The summed E-state index contributed by atoms with van der Waals surface area (Å²) in [4.78, 5) is 22.8. The fourth-order valence-corrected chi connectivity index (χ4v) is 2.21. The number of amides is 1. The van der Waals surface area contributed by atoms with E-state index >= 15 is 0 Å². The Kier molecular flexibility index (Phi) is 7.18. The van der Waals surface area contributed by atoms with Crippen molar-refractivity contribution >= 4 is 23.7 Å². The van der Waals surface area contributed by atoms with Gasteiger partial charge in [-0.15, -0.1) is 0 Å². The van der Waals surface area contributed by atoms with Crippen molar-refractivity contribution in [3.05, 3.63) is 34.9 Å². The number of carbonyl (C=O) groups excluding carboxylic acids is 1. The highest BCUT2D eigenvalue weighted by atomic mass is 35.5. The third kappa shape index (κ3) is 5.93. The Morgan fingerprint density at radius 2 is 1.95 bits per heavy atom. The van der Waals surface area contributed by atoms with Crippen LogP contribution in [0.15, 0.2) is 24.3 Å². The van der Waals surface area contributed by atoms with Gasteiger partial charge in [-0.2, -0.15) is 0 Å². The van der Waals surface area contributed by atoms with E-state index in [-0.39, 0.29) is 13.0 Å². The molecule has 0 saturated heterocycles. The third-order valence-corrected chi connectivity index (χ3v) is 3.69. The van der Waals surface area contributed by atoms with Crippen LogP contribution in [0, 0.1) is 0 Å². The molecule has 0 aliphatic carbocycles. The van der Waals surface area contributed by atoms with Crippen LogP contribution < -0.4 is 5.32 Å². The van der Waals surface area contributed by atoms with Gasteiger partial charge < -0.3 is 15.2 Å². The van der Waals surface area contributed by atoms with Crippen molar-refractivity contribution in [3.63, 3.8) is 0 Å². The average molecular weight is 328 g/mol. The second-order valence-electron chi connectivity index (χ2n) is 5.48. The first-order valence-corrected chi connectivity index (χ1v) is 7.63. The molecule has 5 nitrogen and oxygen atoms in total. The molecule has 0 spiro atoms. The Morgan fingerprint density at radius 3 is 2.50 bits per heavy atom. The Balaban J connectivity index is 2.73. The number of carboxylic acid groups (broad SMARTS) is 1. The number of benzene rings is 1. The number of alkyl carbamates (subject to hydrolysis) is 1. The van der Waals surface area contributed by atoms with Crippen LogP contribution >= 0.6 is 11.6 Å². The normalized spacial score (nSPS) is 13.2. The molecule has 22 heavy (non-hydrogen) atoms. The van der Waals surface area contributed by atoms with Crippen LogP contribution in [0.25, 0.3) is 0 Å². The van der Waals surface area contributed by atoms with Crippen molar-refractivity contribution < 1.29 is 19.4 Å². The number of nitrogens with one attached hydrogen (secondary N) is 1. The van der Waals surface area contributed by atoms with Gasteiger partial charge in [-0.05, 0) is 24.1 Å². The van der Waals surface area contributed by atoms with Crippen LogP contribution in [-0.2, 0) is 14.9 Å². The first kappa shape index (κ1) is 18.3. The van der Waals surface area contributed by atoms with Gasteiger partial charge in [-0.1, -0.05) is 44.0 Å². The van der Waals surface area contributed by atoms with E-state index in [9.17, 15) is 9.59 Å². The van der Waals surface area contributed by atoms with Crippen LogP contribution in [-0.4, -0.2) is 30.3 Å². The van der Waals surface area contributed by atoms with Crippen LogP contribution in [0.4, 0.5) is 4.79 Å². The van der Waals surface area contributed by atoms with Crippen LogP contribution in [0.5, 0.6) is 0 Å². The van der Waals surface area contributed by atoms with E-state index in [0.717, 1.165) is 18.4 Å². The number of rotatable bonds is 8.